The van der Waals surface area contributed by atoms with E-state index < -0.39 is 8.32 Å². The molecule has 0 radical (unpaired) electrons. The Morgan fingerprint density at radius 1 is 1.00 bits per heavy atom. The van der Waals surface area contributed by atoms with Crippen molar-refractivity contribution in [1.82, 2.24) is 0 Å². The summed E-state index contributed by atoms with van der Waals surface area (Å²) in [6.07, 6.45) is 0. The molecule has 0 aliphatic rings. The topological polar surface area (TPSA) is 9.23 Å². The fourth-order valence-corrected chi connectivity index (χ4v) is 5.89. The third kappa shape index (κ3) is 3.07. The molecule has 0 aliphatic carbocycles. The quantitative estimate of drug-likeness (QED) is 0.544. The van der Waals surface area contributed by atoms with Gasteiger partial charge in [0, 0.05) is 11.9 Å². The Balaban J connectivity index is 4.87. The Bertz CT molecular complexity index is 165. The van der Waals surface area contributed by atoms with Crippen LogP contribution in [-0.2, 0) is 4.43 Å². The molecule has 0 spiro atoms. The molecule has 1 nitrogen and oxygen atoms in total. The molecule has 0 fully saturated rings. The smallest absolute Gasteiger partial charge is 0.200 e. The minimum absolute atomic E-state index is 0.285. The van der Waals surface area contributed by atoms with Crippen LogP contribution in [0.25, 0.3) is 0 Å². The van der Waals surface area contributed by atoms with Crippen LogP contribution in [0.15, 0.2) is 0 Å². The summed E-state index contributed by atoms with van der Waals surface area (Å²) in [7, 11) is -1.70. The Labute approximate surface area is 98.9 Å². The van der Waals surface area contributed by atoms with Crippen molar-refractivity contribution in [1.29, 1.82) is 0 Å². The summed E-state index contributed by atoms with van der Waals surface area (Å²) in [5, 5.41) is 1.50. The molecule has 0 N–H and O–H groups in total. The number of rotatable bonds is 3. The molecule has 0 aromatic carbocycles. The highest BCUT2D eigenvalue weighted by Crippen LogP contribution is 2.51. The van der Waals surface area contributed by atoms with Gasteiger partial charge in [-0.2, -0.15) is 0 Å². The molecule has 0 unspecified atom stereocenters. The van der Waals surface area contributed by atoms with E-state index in [9.17, 15) is 0 Å². The SMILES string of the molecule is CC(C)(C)[Si](C)(OCCBr)C(C)(C)C. The van der Waals surface area contributed by atoms with Gasteiger partial charge in [-0.3, -0.25) is 0 Å². The average molecular weight is 281 g/mol. The lowest BCUT2D eigenvalue weighted by atomic mass is 10.2. The molecule has 0 saturated heterocycles. The van der Waals surface area contributed by atoms with Gasteiger partial charge in [-0.1, -0.05) is 57.5 Å². The van der Waals surface area contributed by atoms with Gasteiger partial charge >= 0.3 is 0 Å². The predicted molar refractivity (Wildman–Crippen MR) is 70.8 cm³/mol. The maximum atomic E-state index is 6.20. The van der Waals surface area contributed by atoms with Gasteiger partial charge in [0.2, 0.25) is 0 Å². The zero-order valence-corrected chi connectivity index (χ0v) is 13.3. The van der Waals surface area contributed by atoms with Crippen molar-refractivity contribution in [3.63, 3.8) is 0 Å². The molecule has 3 heteroatoms. The summed E-state index contributed by atoms with van der Waals surface area (Å²) in [5.41, 5.74) is 0. The highest BCUT2D eigenvalue weighted by atomic mass is 79.9. The van der Waals surface area contributed by atoms with Crippen LogP contribution >= 0.6 is 15.9 Å². The van der Waals surface area contributed by atoms with Crippen LogP contribution < -0.4 is 0 Å². The summed E-state index contributed by atoms with van der Waals surface area (Å²) in [5.74, 6) is 0. The Morgan fingerprint density at radius 3 is 1.57 bits per heavy atom. The minimum Gasteiger partial charge on any atom is -0.415 e. The van der Waals surface area contributed by atoms with E-state index in [1.807, 2.05) is 0 Å². The first kappa shape index (κ1) is 14.7. The zero-order chi connectivity index (χ0) is 11.6. The Kier molecular flexibility index (Phi) is 4.88. The standard InChI is InChI=1S/C11H25BrOSi/c1-10(2,3)14(7,11(4,5)6)13-9-8-12/h8-9H2,1-7H3. The van der Waals surface area contributed by atoms with E-state index in [2.05, 4.69) is 64.0 Å². The molecule has 0 aromatic rings. The van der Waals surface area contributed by atoms with Crippen LogP contribution in [0.2, 0.25) is 16.6 Å². The van der Waals surface area contributed by atoms with Crippen LogP contribution in [0.1, 0.15) is 41.5 Å². The predicted octanol–water partition coefficient (Wildman–Crippen LogP) is 4.57. The summed E-state index contributed by atoms with van der Waals surface area (Å²) in [4.78, 5) is 0. The van der Waals surface area contributed by atoms with Crippen molar-refractivity contribution < 1.29 is 4.43 Å². The van der Waals surface area contributed by atoms with E-state index in [1.165, 1.54) is 0 Å². The average Bonchev–Trinajstić information content (AvgIpc) is 1.95. The Hall–Kier alpha value is 0.657. The number of alkyl halides is 1. The van der Waals surface area contributed by atoms with Crippen LogP contribution in [0, 0.1) is 0 Å². The molecule has 0 aliphatic heterocycles. The van der Waals surface area contributed by atoms with Gasteiger partial charge in [0.15, 0.2) is 8.32 Å². The molecule has 0 amide bonds. The second-order valence-corrected chi connectivity index (χ2v) is 12.2. The van der Waals surface area contributed by atoms with E-state index in [4.69, 9.17) is 4.43 Å². The van der Waals surface area contributed by atoms with Gasteiger partial charge in [0.25, 0.3) is 0 Å². The first-order chi connectivity index (χ1) is 6.06. The van der Waals surface area contributed by atoms with Gasteiger partial charge in [0.05, 0.1) is 0 Å². The second kappa shape index (κ2) is 4.66. The Morgan fingerprint density at radius 2 is 1.36 bits per heavy atom. The highest BCUT2D eigenvalue weighted by molar-refractivity contribution is 9.09. The van der Waals surface area contributed by atoms with Gasteiger partial charge in [0.1, 0.15) is 0 Å². The number of hydrogen-bond donors (Lipinski definition) is 0. The van der Waals surface area contributed by atoms with Crippen LogP contribution in [-0.4, -0.2) is 20.3 Å². The fourth-order valence-electron chi connectivity index (χ4n) is 1.80. The number of hydrogen-bond acceptors (Lipinski definition) is 1. The molecule has 0 rings (SSSR count). The summed E-state index contributed by atoms with van der Waals surface area (Å²) < 4.78 is 6.20. The molecule has 0 atom stereocenters. The third-order valence-electron chi connectivity index (χ3n) is 3.33. The summed E-state index contributed by atoms with van der Waals surface area (Å²) in [6, 6.07) is 0. The molecular weight excluding hydrogens is 256 g/mol. The lowest BCUT2D eigenvalue weighted by molar-refractivity contribution is 0.282. The third-order valence-corrected chi connectivity index (χ3v) is 10.2. The molecule has 0 heterocycles. The van der Waals surface area contributed by atoms with E-state index in [1.54, 1.807) is 0 Å². The lowest BCUT2D eigenvalue weighted by Crippen LogP contribution is -2.52. The van der Waals surface area contributed by atoms with Crippen molar-refractivity contribution in [3.8, 4) is 0 Å². The van der Waals surface area contributed by atoms with E-state index in [-0.39, 0.29) is 10.1 Å². The van der Waals surface area contributed by atoms with Crippen molar-refractivity contribution in [2.45, 2.75) is 58.2 Å². The van der Waals surface area contributed by atoms with Crippen molar-refractivity contribution in [2.75, 3.05) is 11.9 Å². The first-order valence-electron chi connectivity index (χ1n) is 5.26. The monoisotopic (exact) mass is 280 g/mol. The largest absolute Gasteiger partial charge is 0.415 e. The molecular formula is C11H25BrOSi. The zero-order valence-electron chi connectivity index (χ0n) is 10.7. The van der Waals surface area contributed by atoms with Crippen LogP contribution in [0.3, 0.4) is 0 Å². The van der Waals surface area contributed by atoms with Crippen molar-refractivity contribution >= 4 is 24.2 Å². The minimum atomic E-state index is -1.70. The first-order valence-corrected chi connectivity index (χ1v) is 8.79. The fraction of sp³-hybridized carbons (Fsp3) is 1.00. The van der Waals surface area contributed by atoms with Crippen molar-refractivity contribution in [3.05, 3.63) is 0 Å². The molecule has 14 heavy (non-hydrogen) atoms. The van der Waals surface area contributed by atoms with E-state index >= 15 is 0 Å². The van der Waals surface area contributed by atoms with Crippen molar-refractivity contribution in [2.24, 2.45) is 0 Å². The highest BCUT2D eigenvalue weighted by Gasteiger charge is 2.50. The summed E-state index contributed by atoms with van der Waals surface area (Å²) >= 11 is 3.43. The van der Waals surface area contributed by atoms with Crippen LogP contribution in [0.5, 0.6) is 0 Å². The molecule has 86 valence electrons. The van der Waals surface area contributed by atoms with Crippen LogP contribution in [0.4, 0.5) is 0 Å². The lowest BCUT2D eigenvalue weighted by Gasteiger charge is -2.48. The maximum absolute atomic E-state index is 6.20. The normalized spacial score (nSPS) is 14.6. The van der Waals surface area contributed by atoms with Gasteiger partial charge in [-0.05, 0) is 16.6 Å². The summed E-state index contributed by atoms with van der Waals surface area (Å²) in [6.45, 7) is 17.0. The molecule has 0 aromatic heterocycles. The molecule has 0 bridgehead atoms. The van der Waals surface area contributed by atoms with E-state index in [0.717, 1.165) is 11.9 Å². The van der Waals surface area contributed by atoms with E-state index in [0.29, 0.717) is 0 Å². The molecule has 0 saturated carbocycles. The van der Waals surface area contributed by atoms with Gasteiger partial charge < -0.3 is 4.43 Å². The number of halogens is 1. The maximum Gasteiger partial charge on any atom is 0.200 e. The second-order valence-electron chi connectivity index (χ2n) is 6.07. The van der Waals surface area contributed by atoms with Gasteiger partial charge in [-0.25, -0.2) is 0 Å². The van der Waals surface area contributed by atoms with Gasteiger partial charge in [-0.15, -0.1) is 0 Å².